The molecule has 0 rings (SSSR count). The molecule has 0 fully saturated rings. The zero-order valence-corrected chi connectivity index (χ0v) is 13.4. The highest BCUT2D eigenvalue weighted by Crippen LogP contribution is 2.17. The molecule has 0 saturated carbocycles. The third kappa shape index (κ3) is 6.41. The van der Waals surface area contributed by atoms with Crippen molar-refractivity contribution in [1.82, 2.24) is 4.90 Å². The summed E-state index contributed by atoms with van der Waals surface area (Å²) in [6, 6.07) is -0.154. The predicted molar refractivity (Wildman–Crippen MR) is 77.1 cm³/mol. The number of ketones is 1. The topological polar surface area (TPSA) is 46.6 Å². The van der Waals surface area contributed by atoms with Gasteiger partial charge in [0, 0.05) is 7.05 Å². The third-order valence-corrected chi connectivity index (χ3v) is 2.79. The van der Waals surface area contributed by atoms with E-state index in [-0.39, 0.29) is 23.8 Å². The van der Waals surface area contributed by atoms with E-state index in [1.165, 1.54) is 6.92 Å². The SMILES string of the molecule is CC(=O)/C(C)=C/[C@H](C(C)C)N(C)C(=O)OC(C)(C)C. The number of nitrogens with zero attached hydrogens (tertiary/aromatic N) is 1. The number of Topliss-reactive ketones (excluding diaryl/α,β-unsaturated/α-hetero) is 1. The summed E-state index contributed by atoms with van der Waals surface area (Å²) < 4.78 is 5.35. The highest BCUT2D eigenvalue weighted by molar-refractivity contribution is 5.92. The van der Waals surface area contributed by atoms with Crippen molar-refractivity contribution in [3.63, 3.8) is 0 Å². The smallest absolute Gasteiger partial charge is 0.410 e. The van der Waals surface area contributed by atoms with Crippen LogP contribution in [0.25, 0.3) is 0 Å². The average molecular weight is 269 g/mol. The van der Waals surface area contributed by atoms with Crippen molar-refractivity contribution in [2.45, 2.75) is 60.1 Å². The molecule has 0 bridgehead atoms. The first-order valence-electron chi connectivity index (χ1n) is 6.61. The minimum absolute atomic E-state index is 0.0169. The van der Waals surface area contributed by atoms with Gasteiger partial charge in [-0.2, -0.15) is 0 Å². The number of carbonyl (C=O) groups excluding carboxylic acids is 2. The molecular formula is C15H27NO3. The van der Waals surface area contributed by atoms with Crippen LogP contribution in [-0.2, 0) is 9.53 Å². The van der Waals surface area contributed by atoms with Gasteiger partial charge in [-0.1, -0.05) is 19.9 Å². The highest BCUT2D eigenvalue weighted by Gasteiger charge is 2.26. The summed E-state index contributed by atoms with van der Waals surface area (Å²) in [5.41, 5.74) is 0.140. The second kappa shape index (κ2) is 6.73. The fraction of sp³-hybridized carbons (Fsp3) is 0.733. The molecule has 0 aliphatic carbocycles. The highest BCUT2D eigenvalue weighted by atomic mass is 16.6. The van der Waals surface area contributed by atoms with Crippen LogP contribution in [0.1, 0.15) is 48.5 Å². The van der Waals surface area contributed by atoms with Gasteiger partial charge >= 0.3 is 6.09 Å². The van der Waals surface area contributed by atoms with Crippen LogP contribution < -0.4 is 0 Å². The average Bonchev–Trinajstić information content (AvgIpc) is 2.21. The lowest BCUT2D eigenvalue weighted by Gasteiger charge is -2.31. The van der Waals surface area contributed by atoms with Crippen LogP contribution in [0.5, 0.6) is 0 Å². The molecule has 0 spiro atoms. The van der Waals surface area contributed by atoms with Crippen molar-refractivity contribution in [2.24, 2.45) is 5.92 Å². The summed E-state index contributed by atoms with van der Waals surface area (Å²) in [5, 5.41) is 0. The van der Waals surface area contributed by atoms with Crippen molar-refractivity contribution < 1.29 is 14.3 Å². The molecule has 0 saturated heterocycles. The minimum atomic E-state index is -0.522. The molecule has 4 heteroatoms. The third-order valence-electron chi connectivity index (χ3n) is 2.79. The zero-order chi connectivity index (χ0) is 15.4. The quantitative estimate of drug-likeness (QED) is 0.735. The number of rotatable bonds is 4. The summed E-state index contributed by atoms with van der Waals surface area (Å²) in [7, 11) is 1.70. The van der Waals surface area contributed by atoms with E-state index in [4.69, 9.17) is 4.74 Å². The number of carbonyl (C=O) groups is 2. The Morgan fingerprint density at radius 3 is 1.95 bits per heavy atom. The Kier molecular flexibility index (Phi) is 6.27. The summed E-state index contributed by atoms with van der Waals surface area (Å²) in [6.07, 6.45) is 1.45. The molecule has 4 nitrogen and oxygen atoms in total. The molecule has 19 heavy (non-hydrogen) atoms. The molecule has 0 unspecified atom stereocenters. The first-order chi connectivity index (χ1) is 8.45. The fourth-order valence-electron chi connectivity index (χ4n) is 1.58. The van der Waals surface area contributed by atoms with E-state index in [0.29, 0.717) is 5.57 Å². The van der Waals surface area contributed by atoms with Gasteiger partial charge < -0.3 is 9.64 Å². The molecule has 1 atom stereocenters. The lowest BCUT2D eigenvalue weighted by Crippen LogP contribution is -2.42. The molecule has 110 valence electrons. The Bertz CT molecular complexity index is 364. The van der Waals surface area contributed by atoms with E-state index in [0.717, 1.165) is 0 Å². The number of hydrogen-bond acceptors (Lipinski definition) is 3. The maximum atomic E-state index is 12.0. The van der Waals surface area contributed by atoms with Gasteiger partial charge in [0.2, 0.25) is 0 Å². The van der Waals surface area contributed by atoms with Crippen LogP contribution in [0.3, 0.4) is 0 Å². The van der Waals surface area contributed by atoms with Crippen molar-refractivity contribution in [2.75, 3.05) is 7.05 Å². The van der Waals surface area contributed by atoms with Crippen LogP contribution in [0.2, 0.25) is 0 Å². The molecule has 0 aliphatic heterocycles. The van der Waals surface area contributed by atoms with E-state index in [1.54, 1.807) is 18.9 Å². The molecule has 1 amide bonds. The molecule has 0 aromatic rings. The Balaban J connectivity index is 5.06. The number of amides is 1. The largest absolute Gasteiger partial charge is 0.444 e. The predicted octanol–water partition coefficient (Wildman–Crippen LogP) is 3.41. The summed E-state index contributed by atoms with van der Waals surface area (Å²) in [4.78, 5) is 24.9. The summed E-state index contributed by atoms with van der Waals surface area (Å²) >= 11 is 0. The van der Waals surface area contributed by atoms with Gasteiger partial charge in [0.05, 0.1) is 6.04 Å². The summed E-state index contributed by atoms with van der Waals surface area (Å²) in [5.74, 6) is 0.218. The number of likely N-dealkylation sites (N-methyl/N-ethyl adjacent to an activating group) is 1. The van der Waals surface area contributed by atoms with Gasteiger partial charge in [-0.25, -0.2) is 4.79 Å². The number of ether oxygens (including phenoxy) is 1. The Labute approximate surface area is 116 Å². The number of allylic oxidation sites excluding steroid dienone is 1. The zero-order valence-electron chi connectivity index (χ0n) is 13.4. The second-order valence-corrected chi connectivity index (χ2v) is 6.23. The fourth-order valence-corrected chi connectivity index (χ4v) is 1.58. The maximum Gasteiger partial charge on any atom is 0.410 e. The van der Waals surface area contributed by atoms with Gasteiger partial charge in [-0.05, 0) is 46.1 Å². The van der Waals surface area contributed by atoms with Gasteiger partial charge in [-0.3, -0.25) is 4.79 Å². The van der Waals surface area contributed by atoms with E-state index < -0.39 is 5.60 Å². The van der Waals surface area contributed by atoms with Crippen molar-refractivity contribution >= 4 is 11.9 Å². The first kappa shape index (κ1) is 17.7. The monoisotopic (exact) mass is 269 g/mol. The lowest BCUT2D eigenvalue weighted by atomic mass is 9.99. The number of hydrogen-bond donors (Lipinski definition) is 0. The van der Waals surface area contributed by atoms with Crippen LogP contribution in [0.15, 0.2) is 11.6 Å². The standard InChI is InChI=1S/C15H27NO3/c1-10(2)13(9-11(3)12(4)17)16(8)14(18)19-15(5,6)7/h9-10,13H,1-8H3/b11-9+/t13-/m1/s1. The molecule has 0 heterocycles. The van der Waals surface area contributed by atoms with Gasteiger partial charge in [0.15, 0.2) is 5.78 Å². The minimum Gasteiger partial charge on any atom is -0.444 e. The van der Waals surface area contributed by atoms with Gasteiger partial charge in [0.25, 0.3) is 0 Å². The van der Waals surface area contributed by atoms with Crippen LogP contribution in [0.4, 0.5) is 4.79 Å². The molecule has 0 radical (unpaired) electrons. The lowest BCUT2D eigenvalue weighted by molar-refractivity contribution is -0.113. The van der Waals surface area contributed by atoms with Crippen molar-refractivity contribution in [1.29, 1.82) is 0 Å². The first-order valence-corrected chi connectivity index (χ1v) is 6.61. The Hall–Kier alpha value is -1.32. The van der Waals surface area contributed by atoms with Gasteiger partial charge in [0.1, 0.15) is 5.60 Å². The van der Waals surface area contributed by atoms with Crippen LogP contribution in [-0.4, -0.2) is 35.5 Å². The maximum absolute atomic E-state index is 12.0. The second-order valence-electron chi connectivity index (χ2n) is 6.23. The van der Waals surface area contributed by atoms with Crippen LogP contribution in [0, 0.1) is 5.92 Å². The molecule has 0 aromatic heterocycles. The normalized spacial score (nSPS) is 14.3. The molecule has 0 N–H and O–H groups in total. The molecular weight excluding hydrogens is 242 g/mol. The van der Waals surface area contributed by atoms with Crippen molar-refractivity contribution in [3.8, 4) is 0 Å². The Morgan fingerprint density at radius 2 is 1.63 bits per heavy atom. The Morgan fingerprint density at radius 1 is 1.16 bits per heavy atom. The van der Waals surface area contributed by atoms with E-state index in [2.05, 4.69) is 0 Å². The van der Waals surface area contributed by atoms with Crippen molar-refractivity contribution in [3.05, 3.63) is 11.6 Å². The molecule has 0 aromatic carbocycles. The van der Waals surface area contributed by atoms with E-state index in [9.17, 15) is 9.59 Å². The molecule has 0 aliphatic rings. The summed E-state index contributed by atoms with van der Waals surface area (Å²) in [6.45, 7) is 12.8. The van der Waals surface area contributed by atoms with E-state index in [1.807, 2.05) is 40.7 Å². The van der Waals surface area contributed by atoms with Crippen LogP contribution >= 0.6 is 0 Å². The van der Waals surface area contributed by atoms with Gasteiger partial charge in [-0.15, -0.1) is 0 Å². The van der Waals surface area contributed by atoms with E-state index >= 15 is 0 Å².